The molecule has 2 saturated heterocycles. The highest BCUT2D eigenvalue weighted by molar-refractivity contribution is 6.04. The number of ether oxygens (including phenoxy) is 2. The first-order valence-electron chi connectivity index (χ1n) is 8.76. The molecule has 6 nitrogen and oxygen atoms in total. The molecular weight excluding hydrogens is 306 g/mol. The Morgan fingerprint density at radius 2 is 2.08 bits per heavy atom. The van der Waals surface area contributed by atoms with Crippen LogP contribution in [-0.2, 0) is 11.3 Å². The normalized spacial score (nSPS) is 28.8. The number of fused-ring (bicyclic) bond motifs is 2. The molecule has 0 N–H and O–H groups in total. The summed E-state index contributed by atoms with van der Waals surface area (Å²) in [5, 5.41) is 5.33. The van der Waals surface area contributed by atoms with Gasteiger partial charge in [0, 0.05) is 30.3 Å². The third-order valence-corrected chi connectivity index (χ3v) is 5.82. The maximum absolute atomic E-state index is 12.8. The monoisotopic (exact) mass is 327 g/mol. The molecule has 0 amide bonds. The van der Waals surface area contributed by atoms with Crippen LogP contribution in [0, 0.1) is 0 Å². The summed E-state index contributed by atoms with van der Waals surface area (Å²) < 4.78 is 13.4. The Morgan fingerprint density at radius 1 is 1.29 bits per heavy atom. The number of benzene rings is 1. The smallest absolute Gasteiger partial charge is 0.359 e. The lowest BCUT2D eigenvalue weighted by molar-refractivity contribution is -0.000896. The van der Waals surface area contributed by atoms with Crippen molar-refractivity contribution < 1.29 is 14.3 Å². The molecule has 6 heteroatoms. The second-order valence-corrected chi connectivity index (χ2v) is 7.12. The largest absolute Gasteiger partial charge is 0.489 e. The second kappa shape index (κ2) is 5.21. The van der Waals surface area contributed by atoms with E-state index in [4.69, 9.17) is 9.47 Å². The zero-order valence-electron chi connectivity index (χ0n) is 13.8. The molecule has 0 spiro atoms. The fraction of sp³-hybridized carbons (Fsp3) is 0.556. The molecular formula is C18H21N3O3. The van der Waals surface area contributed by atoms with Gasteiger partial charge in [0.2, 0.25) is 0 Å². The van der Waals surface area contributed by atoms with Gasteiger partial charge in [-0.2, -0.15) is 5.10 Å². The fourth-order valence-corrected chi connectivity index (χ4v) is 4.54. The minimum atomic E-state index is -0.299. The first-order chi connectivity index (χ1) is 11.7. The number of carbonyl (C=O) groups excluding carboxylic acids is 1. The van der Waals surface area contributed by atoms with Crippen LogP contribution in [0.15, 0.2) is 18.2 Å². The predicted molar refractivity (Wildman–Crippen MR) is 88.2 cm³/mol. The van der Waals surface area contributed by atoms with Crippen molar-refractivity contribution in [2.45, 2.75) is 50.4 Å². The molecule has 3 aliphatic rings. The number of carbonyl (C=O) groups is 1. The number of nitrogens with zero attached hydrogens (tertiary/aromatic N) is 3. The van der Waals surface area contributed by atoms with Crippen molar-refractivity contribution in [2.24, 2.45) is 0 Å². The summed E-state index contributed by atoms with van der Waals surface area (Å²) in [5.41, 5.74) is 1.32. The van der Waals surface area contributed by atoms with Crippen molar-refractivity contribution in [3.05, 3.63) is 23.9 Å². The first kappa shape index (κ1) is 14.3. The average Bonchev–Trinajstić information content (AvgIpc) is 3.04. The summed E-state index contributed by atoms with van der Waals surface area (Å²) in [5.74, 6) is 0.495. The van der Waals surface area contributed by atoms with Gasteiger partial charge in [0.15, 0.2) is 5.69 Å². The van der Waals surface area contributed by atoms with Crippen molar-refractivity contribution in [3.8, 4) is 5.75 Å². The highest BCUT2D eigenvalue weighted by Gasteiger charge is 2.40. The molecule has 0 saturated carbocycles. The molecule has 1 aromatic carbocycles. The Balaban J connectivity index is 1.42. The quantitative estimate of drug-likeness (QED) is 0.792. The molecule has 2 atom stereocenters. The summed E-state index contributed by atoms with van der Waals surface area (Å²) in [4.78, 5) is 15.2. The summed E-state index contributed by atoms with van der Waals surface area (Å²) in [6.45, 7) is 1.25. The molecule has 24 heavy (non-hydrogen) atoms. The van der Waals surface area contributed by atoms with E-state index in [-0.39, 0.29) is 12.1 Å². The lowest BCUT2D eigenvalue weighted by Crippen LogP contribution is -2.43. The molecule has 5 rings (SSSR count). The fourth-order valence-electron chi connectivity index (χ4n) is 4.54. The summed E-state index contributed by atoms with van der Waals surface area (Å²) in [6, 6.07) is 6.85. The molecule has 0 radical (unpaired) electrons. The van der Waals surface area contributed by atoms with Crippen molar-refractivity contribution in [1.82, 2.24) is 14.7 Å². The lowest BCUT2D eigenvalue weighted by atomic mass is 10.0. The number of hydrogen-bond donors (Lipinski definition) is 0. The summed E-state index contributed by atoms with van der Waals surface area (Å²) in [6.07, 6.45) is 4.31. The third kappa shape index (κ3) is 2.05. The van der Waals surface area contributed by atoms with Gasteiger partial charge in [0.05, 0.1) is 6.54 Å². The van der Waals surface area contributed by atoms with Crippen molar-refractivity contribution in [3.63, 3.8) is 0 Å². The Bertz CT molecular complexity index is 801. The average molecular weight is 327 g/mol. The number of para-hydroxylation sites is 1. The molecule has 4 heterocycles. The van der Waals surface area contributed by atoms with Gasteiger partial charge in [0.1, 0.15) is 24.0 Å². The van der Waals surface area contributed by atoms with Crippen LogP contribution in [0.4, 0.5) is 0 Å². The maximum Gasteiger partial charge on any atom is 0.359 e. The predicted octanol–water partition coefficient (Wildman–Crippen LogP) is 2.21. The highest BCUT2D eigenvalue weighted by Crippen LogP contribution is 2.36. The number of esters is 1. The van der Waals surface area contributed by atoms with Crippen molar-refractivity contribution in [2.75, 3.05) is 13.7 Å². The number of aromatic nitrogens is 2. The molecule has 2 bridgehead atoms. The number of rotatable bonds is 2. The van der Waals surface area contributed by atoms with Gasteiger partial charge in [-0.3, -0.25) is 4.68 Å². The third-order valence-electron chi connectivity index (χ3n) is 5.82. The SMILES string of the molecule is CN1C2CCC1CC(OC(=O)c1nn3c4c(cccc14)OCC3)C2. The molecule has 2 unspecified atom stereocenters. The molecule has 3 aliphatic heterocycles. The standard InChI is InChI=1S/C18H21N3O3/c1-20-11-5-6-12(20)10-13(9-11)24-18(22)16-14-3-2-4-15-17(14)21(19-16)7-8-23-15/h2-4,11-13H,5-10H2,1H3. The number of piperidine rings is 1. The van der Waals surface area contributed by atoms with Crippen LogP contribution >= 0.6 is 0 Å². The summed E-state index contributed by atoms with van der Waals surface area (Å²) in [7, 11) is 2.19. The second-order valence-electron chi connectivity index (χ2n) is 7.12. The van der Waals surface area contributed by atoms with E-state index < -0.39 is 0 Å². The van der Waals surface area contributed by atoms with E-state index in [1.165, 1.54) is 12.8 Å². The van der Waals surface area contributed by atoms with E-state index in [2.05, 4.69) is 17.0 Å². The van der Waals surface area contributed by atoms with Crippen LogP contribution in [0.25, 0.3) is 10.9 Å². The van der Waals surface area contributed by atoms with Gasteiger partial charge >= 0.3 is 5.97 Å². The highest BCUT2D eigenvalue weighted by atomic mass is 16.5. The molecule has 0 aliphatic carbocycles. The van der Waals surface area contributed by atoms with Crippen LogP contribution in [0.5, 0.6) is 5.75 Å². The Morgan fingerprint density at radius 3 is 2.88 bits per heavy atom. The molecule has 1 aromatic heterocycles. The Labute approximate surface area is 140 Å². The van der Waals surface area contributed by atoms with E-state index in [1.807, 2.05) is 22.9 Å². The Hall–Kier alpha value is -2.08. The topological polar surface area (TPSA) is 56.6 Å². The maximum atomic E-state index is 12.8. The van der Waals surface area contributed by atoms with Gasteiger partial charge in [-0.1, -0.05) is 12.1 Å². The van der Waals surface area contributed by atoms with Crippen LogP contribution < -0.4 is 4.74 Å². The minimum Gasteiger partial charge on any atom is -0.489 e. The zero-order chi connectivity index (χ0) is 16.3. The van der Waals surface area contributed by atoms with Gasteiger partial charge in [-0.25, -0.2) is 4.79 Å². The van der Waals surface area contributed by atoms with Crippen molar-refractivity contribution in [1.29, 1.82) is 0 Å². The Kier molecular flexibility index (Phi) is 3.10. The molecule has 2 fully saturated rings. The van der Waals surface area contributed by atoms with Gasteiger partial charge in [0.25, 0.3) is 0 Å². The van der Waals surface area contributed by atoms with Crippen LogP contribution in [-0.4, -0.2) is 52.5 Å². The van der Waals surface area contributed by atoms with Gasteiger partial charge in [-0.05, 0) is 26.0 Å². The minimum absolute atomic E-state index is 0.0101. The van der Waals surface area contributed by atoms with Crippen LogP contribution in [0.1, 0.15) is 36.2 Å². The zero-order valence-corrected chi connectivity index (χ0v) is 13.8. The van der Waals surface area contributed by atoms with Gasteiger partial charge < -0.3 is 14.4 Å². The summed E-state index contributed by atoms with van der Waals surface area (Å²) >= 11 is 0. The van der Waals surface area contributed by atoms with E-state index in [0.29, 0.717) is 30.9 Å². The number of hydrogen-bond acceptors (Lipinski definition) is 5. The van der Waals surface area contributed by atoms with E-state index >= 15 is 0 Å². The molecule has 126 valence electrons. The van der Waals surface area contributed by atoms with E-state index in [1.54, 1.807) is 0 Å². The lowest BCUT2D eigenvalue weighted by Gasteiger charge is -2.35. The van der Waals surface area contributed by atoms with Crippen LogP contribution in [0.2, 0.25) is 0 Å². The first-order valence-corrected chi connectivity index (χ1v) is 8.76. The van der Waals surface area contributed by atoms with Crippen LogP contribution in [0.3, 0.4) is 0 Å². The van der Waals surface area contributed by atoms with Crippen molar-refractivity contribution >= 4 is 16.9 Å². The van der Waals surface area contributed by atoms with E-state index in [0.717, 1.165) is 29.5 Å². The van der Waals surface area contributed by atoms with E-state index in [9.17, 15) is 4.79 Å². The van der Waals surface area contributed by atoms with Gasteiger partial charge in [-0.15, -0.1) is 0 Å². The molecule has 2 aromatic rings.